The molecule has 0 spiro atoms. The Labute approximate surface area is 159 Å². The molecule has 0 unspecified atom stereocenters. The molecule has 5 heteroatoms. The molecule has 0 saturated heterocycles. The van der Waals surface area contributed by atoms with Crippen LogP contribution < -0.4 is 5.32 Å². The van der Waals surface area contributed by atoms with Crippen LogP contribution in [0, 0.1) is 6.92 Å². The predicted molar refractivity (Wildman–Crippen MR) is 107 cm³/mol. The van der Waals surface area contributed by atoms with Crippen molar-refractivity contribution in [3.63, 3.8) is 0 Å². The Morgan fingerprint density at radius 3 is 2.50 bits per heavy atom. The van der Waals surface area contributed by atoms with Crippen molar-refractivity contribution in [2.75, 3.05) is 11.9 Å². The van der Waals surface area contributed by atoms with Crippen molar-refractivity contribution in [2.45, 2.75) is 53.4 Å². The summed E-state index contributed by atoms with van der Waals surface area (Å²) in [4.78, 5) is 26.3. The van der Waals surface area contributed by atoms with Crippen molar-refractivity contribution < 1.29 is 14.3 Å². The molecule has 1 aromatic carbocycles. The summed E-state index contributed by atoms with van der Waals surface area (Å²) in [5.41, 5.74) is 4.07. The van der Waals surface area contributed by atoms with E-state index < -0.39 is 5.97 Å². The van der Waals surface area contributed by atoms with Crippen molar-refractivity contribution in [3.05, 3.63) is 50.7 Å². The van der Waals surface area contributed by atoms with Gasteiger partial charge in [-0.05, 0) is 48.9 Å². The molecule has 0 radical (unpaired) electrons. The Morgan fingerprint density at radius 2 is 1.85 bits per heavy atom. The van der Waals surface area contributed by atoms with Gasteiger partial charge in [0, 0.05) is 10.6 Å². The van der Waals surface area contributed by atoms with E-state index in [9.17, 15) is 9.59 Å². The number of anilines is 1. The van der Waals surface area contributed by atoms with Crippen LogP contribution in [0.1, 0.15) is 58.4 Å². The highest BCUT2D eigenvalue weighted by atomic mass is 32.1. The molecule has 2 aromatic rings. The Balaban J connectivity index is 1.98. The van der Waals surface area contributed by atoms with Crippen LogP contribution in [0.25, 0.3) is 0 Å². The van der Waals surface area contributed by atoms with E-state index >= 15 is 0 Å². The number of thiophene rings is 1. The number of esters is 1. The SMILES string of the molecule is CCCc1sc(C(=O)OCC(=O)Nc2c(C)cccc2CC)cc1CC. The van der Waals surface area contributed by atoms with Gasteiger partial charge in [-0.1, -0.05) is 45.4 Å². The van der Waals surface area contributed by atoms with Crippen LogP contribution in [-0.4, -0.2) is 18.5 Å². The third-order valence-electron chi connectivity index (χ3n) is 4.29. The van der Waals surface area contributed by atoms with Crippen LogP contribution in [0.4, 0.5) is 5.69 Å². The smallest absolute Gasteiger partial charge is 0.348 e. The van der Waals surface area contributed by atoms with Gasteiger partial charge in [0.15, 0.2) is 6.61 Å². The topological polar surface area (TPSA) is 55.4 Å². The van der Waals surface area contributed by atoms with Gasteiger partial charge in [-0.3, -0.25) is 4.79 Å². The number of para-hydroxylation sites is 1. The fourth-order valence-electron chi connectivity index (χ4n) is 2.88. The van der Waals surface area contributed by atoms with Crippen LogP contribution in [0.5, 0.6) is 0 Å². The number of hydrogen-bond donors (Lipinski definition) is 1. The van der Waals surface area contributed by atoms with Gasteiger partial charge in [0.05, 0.1) is 0 Å². The minimum atomic E-state index is -0.428. The summed E-state index contributed by atoms with van der Waals surface area (Å²) in [7, 11) is 0. The zero-order valence-corrected chi connectivity index (χ0v) is 16.8. The monoisotopic (exact) mass is 373 g/mol. The largest absolute Gasteiger partial charge is 0.451 e. The standard InChI is InChI=1S/C21H27NO3S/c1-5-9-17-16(7-3)12-18(26-17)21(24)25-13-19(23)22-20-14(4)10-8-11-15(20)6-2/h8,10-12H,5-7,9,13H2,1-4H3,(H,22,23). The van der Waals surface area contributed by atoms with Crippen molar-refractivity contribution >= 4 is 28.9 Å². The van der Waals surface area contributed by atoms with E-state index in [1.165, 1.54) is 21.8 Å². The van der Waals surface area contributed by atoms with Crippen molar-refractivity contribution in [3.8, 4) is 0 Å². The number of aryl methyl sites for hydroxylation is 4. The van der Waals surface area contributed by atoms with Crippen molar-refractivity contribution in [2.24, 2.45) is 0 Å². The van der Waals surface area contributed by atoms with Crippen LogP contribution in [-0.2, 0) is 28.8 Å². The highest BCUT2D eigenvalue weighted by Gasteiger charge is 2.16. The fraction of sp³-hybridized carbons (Fsp3) is 0.429. The lowest BCUT2D eigenvalue weighted by atomic mass is 10.1. The van der Waals surface area contributed by atoms with Crippen LogP contribution in [0.15, 0.2) is 24.3 Å². The lowest BCUT2D eigenvalue weighted by Gasteiger charge is -2.12. The molecule has 2 rings (SSSR count). The average Bonchev–Trinajstić information content (AvgIpc) is 3.05. The van der Waals surface area contributed by atoms with Gasteiger partial charge in [0.25, 0.3) is 5.91 Å². The molecule has 4 nitrogen and oxygen atoms in total. The van der Waals surface area contributed by atoms with E-state index in [2.05, 4.69) is 19.2 Å². The second-order valence-electron chi connectivity index (χ2n) is 6.25. The van der Waals surface area contributed by atoms with Crippen LogP contribution in [0.2, 0.25) is 0 Å². The average molecular weight is 374 g/mol. The maximum atomic E-state index is 12.3. The molecular weight excluding hydrogens is 346 g/mol. The van der Waals surface area contributed by atoms with Gasteiger partial charge in [0.1, 0.15) is 4.88 Å². The molecule has 26 heavy (non-hydrogen) atoms. The summed E-state index contributed by atoms with van der Waals surface area (Å²) in [6, 6.07) is 7.81. The van der Waals surface area contributed by atoms with E-state index in [0.29, 0.717) is 4.88 Å². The molecule has 1 heterocycles. The Morgan fingerprint density at radius 1 is 1.12 bits per heavy atom. The number of hydrogen-bond acceptors (Lipinski definition) is 4. The molecule has 0 aliphatic rings. The Kier molecular flexibility index (Phi) is 7.39. The van der Waals surface area contributed by atoms with Gasteiger partial charge < -0.3 is 10.1 Å². The number of amides is 1. The minimum Gasteiger partial charge on any atom is -0.451 e. The quantitative estimate of drug-likeness (QED) is 0.668. The van der Waals surface area contributed by atoms with E-state index in [0.717, 1.165) is 42.5 Å². The summed E-state index contributed by atoms with van der Waals surface area (Å²) >= 11 is 1.47. The lowest BCUT2D eigenvalue weighted by Crippen LogP contribution is -2.21. The summed E-state index contributed by atoms with van der Waals surface area (Å²) in [6.07, 6.45) is 3.73. The first-order valence-corrected chi connectivity index (χ1v) is 9.98. The third-order valence-corrected chi connectivity index (χ3v) is 5.51. The minimum absolute atomic E-state index is 0.279. The van der Waals surface area contributed by atoms with E-state index in [1.54, 1.807) is 0 Å². The van der Waals surface area contributed by atoms with Gasteiger partial charge in [0.2, 0.25) is 0 Å². The second-order valence-corrected chi connectivity index (χ2v) is 7.39. The molecule has 0 aliphatic heterocycles. The fourth-order valence-corrected chi connectivity index (χ4v) is 4.13. The van der Waals surface area contributed by atoms with Crippen molar-refractivity contribution in [1.29, 1.82) is 0 Å². The summed E-state index contributed by atoms with van der Waals surface area (Å²) < 4.78 is 5.23. The number of ether oxygens (including phenoxy) is 1. The molecule has 0 fully saturated rings. The highest BCUT2D eigenvalue weighted by molar-refractivity contribution is 7.14. The number of benzene rings is 1. The predicted octanol–water partition coefficient (Wildman–Crippen LogP) is 4.93. The first kappa shape index (κ1) is 20.2. The summed E-state index contributed by atoms with van der Waals surface area (Å²) in [6.45, 7) is 7.92. The molecular formula is C21H27NO3S. The second kappa shape index (κ2) is 9.53. The summed E-state index contributed by atoms with van der Waals surface area (Å²) in [5, 5.41) is 2.87. The Hall–Kier alpha value is -2.14. The highest BCUT2D eigenvalue weighted by Crippen LogP contribution is 2.25. The normalized spacial score (nSPS) is 10.6. The molecule has 1 amide bonds. The molecule has 140 valence electrons. The lowest BCUT2D eigenvalue weighted by molar-refractivity contribution is -0.119. The number of rotatable bonds is 8. The van der Waals surface area contributed by atoms with Crippen LogP contribution >= 0.6 is 11.3 Å². The maximum absolute atomic E-state index is 12.3. The zero-order chi connectivity index (χ0) is 19.1. The van der Waals surface area contributed by atoms with E-state index in [1.807, 2.05) is 38.1 Å². The molecule has 0 aliphatic carbocycles. The van der Waals surface area contributed by atoms with Gasteiger partial charge in [-0.2, -0.15) is 0 Å². The molecule has 0 atom stereocenters. The van der Waals surface area contributed by atoms with Gasteiger partial charge in [-0.15, -0.1) is 11.3 Å². The van der Waals surface area contributed by atoms with Crippen molar-refractivity contribution in [1.82, 2.24) is 0 Å². The molecule has 1 aromatic heterocycles. The third kappa shape index (κ3) is 4.94. The summed E-state index contributed by atoms with van der Waals surface area (Å²) in [5.74, 6) is -0.744. The maximum Gasteiger partial charge on any atom is 0.348 e. The van der Waals surface area contributed by atoms with Crippen LogP contribution in [0.3, 0.4) is 0 Å². The molecule has 0 bridgehead atoms. The zero-order valence-electron chi connectivity index (χ0n) is 16.0. The Bertz CT molecular complexity index is 780. The molecule has 1 N–H and O–H groups in total. The first-order valence-electron chi connectivity index (χ1n) is 9.17. The molecule has 0 saturated carbocycles. The number of nitrogens with one attached hydrogen (secondary N) is 1. The van der Waals surface area contributed by atoms with E-state index in [-0.39, 0.29) is 12.5 Å². The number of carbonyl (C=O) groups is 2. The van der Waals surface area contributed by atoms with E-state index in [4.69, 9.17) is 4.74 Å². The van der Waals surface area contributed by atoms with Gasteiger partial charge in [-0.25, -0.2) is 4.79 Å². The first-order chi connectivity index (χ1) is 12.5. The van der Waals surface area contributed by atoms with Gasteiger partial charge >= 0.3 is 5.97 Å². The number of carbonyl (C=O) groups excluding carboxylic acids is 2.